The first kappa shape index (κ1) is 46.1. The van der Waals surface area contributed by atoms with Gasteiger partial charge in [0.1, 0.15) is 5.58 Å². The molecular weight excluding hydrogens is 872 g/mol. The number of nitrogens with zero attached hydrogens (tertiary/aromatic N) is 2. The van der Waals surface area contributed by atoms with E-state index in [1.165, 1.54) is 118 Å². The molecule has 8 aromatic rings. The average molecular weight is 947 g/mol. The Hall–Kier alpha value is -5.74. The summed E-state index contributed by atoms with van der Waals surface area (Å²) < 4.78 is 7.76. The summed E-state index contributed by atoms with van der Waals surface area (Å²) in [6, 6.07) is 43.8. The molecule has 0 bridgehead atoms. The second-order valence-electron chi connectivity index (χ2n) is 28.2. The fourth-order valence-corrected chi connectivity index (χ4v) is 14.4. The predicted octanol–water partition coefficient (Wildman–Crippen LogP) is 17.2. The van der Waals surface area contributed by atoms with E-state index < -0.39 is 0 Å². The highest BCUT2D eigenvalue weighted by molar-refractivity contribution is 7.00. The molecule has 0 radical (unpaired) electrons. The molecule has 13 rings (SSSR count). The number of rotatable bonds is 2. The zero-order chi connectivity index (χ0) is 50.6. The summed E-state index contributed by atoms with van der Waals surface area (Å²) in [4.78, 5) is 5.35. The van der Waals surface area contributed by atoms with Gasteiger partial charge in [0.15, 0.2) is 0 Å². The van der Waals surface area contributed by atoms with Crippen LogP contribution in [0, 0.1) is 0 Å². The molecule has 4 heteroatoms. The number of benzene rings is 7. The summed E-state index contributed by atoms with van der Waals surface area (Å²) in [5, 5.41) is 6.24. The summed E-state index contributed by atoms with van der Waals surface area (Å²) in [5.41, 5.74) is 22.5. The Morgan fingerprint density at radius 2 is 0.903 bits per heavy atom. The molecule has 3 nitrogen and oxygen atoms in total. The Balaban J connectivity index is 1.18. The molecule has 2 aliphatic heterocycles. The van der Waals surface area contributed by atoms with Crippen LogP contribution < -0.4 is 26.4 Å². The van der Waals surface area contributed by atoms with Crippen LogP contribution >= 0.6 is 0 Å². The third kappa shape index (κ3) is 6.54. The van der Waals surface area contributed by atoms with Crippen LogP contribution in [0.25, 0.3) is 32.5 Å². The van der Waals surface area contributed by atoms with Crippen molar-refractivity contribution in [2.75, 3.05) is 9.80 Å². The van der Waals surface area contributed by atoms with Gasteiger partial charge in [-0.15, -0.1) is 0 Å². The summed E-state index contributed by atoms with van der Waals surface area (Å²) in [5.74, 6) is 0. The smallest absolute Gasteiger partial charge is 0.297 e. The van der Waals surface area contributed by atoms with E-state index in [2.05, 4.69) is 223 Å². The fourth-order valence-electron chi connectivity index (χ4n) is 14.4. The Morgan fingerprint density at radius 3 is 1.50 bits per heavy atom. The lowest BCUT2D eigenvalue weighted by molar-refractivity contribution is 0.332. The molecule has 3 heterocycles. The van der Waals surface area contributed by atoms with Crippen LogP contribution in [0.1, 0.15) is 181 Å². The summed E-state index contributed by atoms with van der Waals surface area (Å²) in [7, 11) is 0. The molecule has 0 atom stereocenters. The van der Waals surface area contributed by atoms with Gasteiger partial charge < -0.3 is 14.2 Å². The Kier molecular flexibility index (Phi) is 9.29. The van der Waals surface area contributed by atoms with E-state index in [-0.39, 0.29) is 44.6 Å². The summed E-state index contributed by atoms with van der Waals surface area (Å²) >= 11 is 0. The van der Waals surface area contributed by atoms with E-state index in [9.17, 15) is 0 Å². The third-order valence-corrected chi connectivity index (χ3v) is 19.5. The van der Waals surface area contributed by atoms with Crippen molar-refractivity contribution in [1.29, 1.82) is 0 Å². The highest BCUT2D eigenvalue weighted by Crippen LogP contribution is 2.55. The van der Waals surface area contributed by atoms with E-state index >= 15 is 0 Å². The van der Waals surface area contributed by atoms with E-state index in [0.717, 1.165) is 42.6 Å². The van der Waals surface area contributed by atoms with Gasteiger partial charge in [0.25, 0.3) is 6.71 Å². The number of anilines is 6. The number of furan rings is 1. The predicted molar refractivity (Wildman–Crippen MR) is 310 cm³/mol. The van der Waals surface area contributed by atoms with Crippen molar-refractivity contribution in [3.8, 4) is 0 Å². The van der Waals surface area contributed by atoms with E-state index in [0.29, 0.717) is 0 Å². The fraction of sp³-hybridized carbons (Fsp3) is 0.412. The monoisotopic (exact) mass is 947 g/mol. The molecule has 0 unspecified atom stereocenters. The molecule has 1 aromatic heterocycles. The molecule has 7 aromatic carbocycles. The van der Waals surface area contributed by atoms with E-state index in [4.69, 9.17) is 4.42 Å². The minimum atomic E-state index is -0.141. The maximum absolute atomic E-state index is 7.76. The number of fused-ring (bicyclic) bond motifs is 11. The van der Waals surface area contributed by atoms with Gasteiger partial charge >= 0.3 is 0 Å². The van der Waals surface area contributed by atoms with Gasteiger partial charge in [0.2, 0.25) is 0 Å². The summed E-state index contributed by atoms with van der Waals surface area (Å²) in [6.07, 6.45) is 6.99. The van der Waals surface area contributed by atoms with Crippen LogP contribution in [0.3, 0.4) is 0 Å². The third-order valence-electron chi connectivity index (χ3n) is 19.5. The van der Waals surface area contributed by atoms with Crippen molar-refractivity contribution in [3.05, 3.63) is 148 Å². The van der Waals surface area contributed by atoms with Crippen LogP contribution in [0.15, 0.2) is 114 Å². The first-order chi connectivity index (χ1) is 33.7. The van der Waals surface area contributed by atoms with Crippen molar-refractivity contribution in [2.45, 2.75) is 180 Å². The van der Waals surface area contributed by atoms with Crippen LogP contribution in [0.5, 0.6) is 0 Å². The highest BCUT2D eigenvalue weighted by atomic mass is 16.3. The van der Waals surface area contributed by atoms with Gasteiger partial charge in [-0.1, -0.05) is 146 Å². The van der Waals surface area contributed by atoms with Gasteiger partial charge in [-0.05, 0) is 215 Å². The maximum atomic E-state index is 7.76. The van der Waals surface area contributed by atoms with Crippen molar-refractivity contribution >= 4 is 89.9 Å². The van der Waals surface area contributed by atoms with Crippen LogP contribution in [-0.2, 0) is 37.9 Å². The lowest BCUT2D eigenvalue weighted by Gasteiger charge is -2.47. The van der Waals surface area contributed by atoms with Crippen LogP contribution in [0.2, 0.25) is 0 Å². The largest absolute Gasteiger partial charge is 0.468 e. The first-order valence-electron chi connectivity index (χ1n) is 27.4. The first-order valence-corrected chi connectivity index (χ1v) is 27.4. The molecular formula is C68H75BN2O. The molecule has 0 amide bonds. The normalized spacial score (nSPS) is 20.4. The van der Waals surface area contributed by atoms with Gasteiger partial charge in [0, 0.05) is 33.8 Å². The van der Waals surface area contributed by atoms with Crippen molar-refractivity contribution in [2.24, 2.45) is 0 Å². The van der Waals surface area contributed by atoms with Crippen molar-refractivity contribution < 1.29 is 4.42 Å². The molecule has 5 aliphatic rings. The molecule has 0 fully saturated rings. The molecule has 0 saturated heterocycles. The maximum Gasteiger partial charge on any atom is 0.297 e. The van der Waals surface area contributed by atoms with Gasteiger partial charge in [-0.3, -0.25) is 0 Å². The molecule has 366 valence electrons. The van der Waals surface area contributed by atoms with Crippen LogP contribution in [0.4, 0.5) is 34.1 Å². The minimum absolute atomic E-state index is 0.0221. The molecule has 0 saturated carbocycles. The van der Waals surface area contributed by atoms with E-state index in [1.54, 1.807) is 0 Å². The topological polar surface area (TPSA) is 19.6 Å². The Labute approximate surface area is 430 Å². The van der Waals surface area contributed by atoms with Gasteiger partial charge in [-0.2, -0.15) is 0 Å². The zero-order valence-corrected chi connectivity index (χ0v) is 46.0. The second kappa shape index (κ2) is 14.5. The number of hydrogen-bond donors (Lipinski definition) is 0. The van der Waals surface area contributed by atoms with Gasteiger partial charge in [0.05, 0.1) is 11.3 Å². The minimum Gasteiger partial charge on any atom is -0.468 e. The molecule has 0 N–H and O–H groups in total. The van der Waals surface area contributed by atoms with Gasteiger partial charge in [-0.25, -0.2) is 0 Å². The molecule has 0 spiro atoms. The quantitative estimate of drug-likeness (QED) is 0.127. The van der Waals surface area contributed by atoms with Crippen molar-refractivity contribution in [3.63, 3.8) is 0 Å². The lowest BCUT2D eigenvalue weighted by Crippen LogP contribution is -2.61. The Morgan fingerprint density at radius 1 is 0.431 bits per heavy atom. The lowest BCUT2D eigenvalue weighted by atomic mass is 9.35. The van der Waals surface area contributed by atoms with E-state index in [1.807, 2.05) is 0 Å². The molecule has 3 aliphatic carbocycles. The number of hydrogen-bond acceptors (Lipinski definition) is 3. The standard InChI is InChI=1S/C68H75BN2O/c1-62(2,3)44-33-56-59-57(34-44)71(45-21-20-42-30-40-18-16-17-19-41(40)31-43(42)32-45)60-47-36-50-53(68(14,15)29-26-65(50,8)9)39-58(47)72-61(60)69(59)54-37-51-52(67(12,13)28-27-66(51,10)11)38-55(54)70(56)46-22-23-48-49(35-46)64(6,7)25-24-63(48,4)5/h16-23,30-39H,24-29H2,1-15H3. The zero-order valence-electron chi connectivity index (χ0n) is 46.0. The molecule has 72 heavy (non-hydrogen) atoms. The second-order valence-corrected chi connectivity index (χ2v) is 28.2. The Bertz CT molecular complexity index is 3660. The highest BCUT2D eigenvalue weighted by Gasteiger charge is 2.50. The summed E-state index contributed by atoms with van der Waals surface area (Å²) in [6.45, 7) is 36.7. The average Bonchev–Trinajstić information content (AvgIpc) is 3.69. The van der Waals surface area contributed by atoms with Crippen molar-refractivity contribution in [1.82, 2.24) is 0 Å². The van der Waals surface area contributed by atoms with Crippen LogP contribution in [-0.4, -0.2) is 6.71 Å². The SMILES string of the molecule is CC(C)(C)c1cc2c3c(c1)N(c1ccc4cc5ccccc5cc4c1)c1c(oc4cc5c(cc14)C(C)(C)CCC5(C)C)B3c1cc3c(cc1N2c1ccc2c(c1)C(C)(C)CCC2(C)C)C(C)(C)CCC3(C)C.